The fourth-order valence-electron chi connectivity index (χ4n) is 3.29. The molecule has 0 fully saturated rings. The molecule has 0 aliphatic heterocycles. The first-order chi connectivity index (χ1) is 12.1. The third-order valence-corrected chi connectivity index (χ3v) is 17.5. The van der Waals surface area contributed by atoms with E-state index < -0.39 is 24.9 Å². The predicted molar refractivity (Wildman–Crippen MR) is 107 cm³/mol. The van der Waals surface area contributed by atoms with Crippen molar-refractivity contribution in [1.82, 2.24) is 0 Å². The Morgan fingerprint density at radius 3 is 1.80 bits per heavy atom. The number of unbranched alkanes of at least 4 members (excludes halogenated alkanes) is 3. The number of carbonyl (C=O) groups excluding carboxylic acids is 1. The summed E-state index contributed by atoms with van der Waals surface area (Å²) >= 11 is -2.94. The Morgan fingerprint density at radius 1 is 0.920 bits per heavy atom. The van der Waals surface area contributed by atoms with Crippen molar-refractivity contribution in [2.75, 3.05) is 7.11 Å². The van der Waals surface area contributed by atoms with Gasteiger partial charge in [0.05, 0.1) is 0 Å². The molecule has 0 unspecified atom stereocenters. The van der Waals surface area contributed by atoms with Gasteiger partial charge in [-0.1, -0.05) is 0 Å². The molecule has 4 heteroatoms. The van der Waals surface area contributed by atoms with Crippen LogP contribution in [-0.2, 0) is 12.6 Å². The quantitative estimate of drug-likeness (QED) is 0.330. The van der Waals surface area contributed by atoms with Gasteiger partial charge in [0.1, 0.15) is 0 Å². The van der Waals surface area contributed by atoms with Gasteiger partial charge in [-0.3, -0.25) is 0 Å². The van der Waals surface area contributed by atoms with E-state index in [-0.39, 0.29) is 5.97 Å². The molecule has 0 bridgehead atoms. The van der Waals surface area contributed by atoms with Crippen LogP contribution in [0, 0.1) is 0 Å². The van der Waals surface area contributed by atoms with Crippen molar-refractivity contribution in [2.24, 2.45) is 0 Å². The van der Waals surface area contributed by atoms with Crippen molar-refractivity contribution < 1.29 is 12.6 Å². The van der Waals surface area contributed by atoms with Crippen molar-refractivity contribution in [3.05, 3.63) is 35.9 Å². The molecule has 0 amide bonds. The molecule has 1 aromatic carbocycles. The Hall–Kier alpha value is -0.551. The van der Waals surface area contributed by atoms with Crippen LogP contribution in [0.1, 0.15) is 71.0 Å². The van der Waals surface area contributed by atoms with Crippen LogP contribution < -0.4 is 0 Å². The molecular weight excluding hydrogens is 419 g/mol. The normalized spacial score (nSPS) is 12.8. The maximum absolute atomic E-state index is 13.0. The minimum atomic E-state index is -2.94. The minimum absolute atomic E-state index is 0.159. The van der Waals surface area contributed by atoms with Crippen molar-refractivity contribution in [3.63, 3.8) is 0 Å². The second-order valence-corrected chi connectivity index (χ2v) is 18.6. The maximum atomic E-state index is 13.0. The summed E-state index contributed by atoms with van der Waals surface area (Å²) < 4.78 is 15.4. The average molecular weight is 455 g/mol. The Bertz CT molecular complexity index is 454. The zero-order valence-electron chi connectivity index (χ0n) is 16.6. The molecule has 0 N–H and O–H groups in total. The first-order valence-electron chi connectivity index (χ1n) is 9.93. The summed E-state index contributed by atoms with van der Waals surface area (Å²) in [6.45, 7) is 6.67. The van der Waals surface area contributed by atoms with E-state index in [1.54, 1.807) is 7.11 Å². The molecule has 1 rings (SSSR count). The zero-order valence-corrected chi connectivity index (χ0v) is 19.4. The number of hydrogen-bond acceptors (Lipinski definition) is 3. The molecule has 0 spiro atoms. The molecule has 3 nitrogen and oxygen atoms in total. The van der Waals surface area contributed by atoms with Gasteiger partial charge in [0.2, 0.25) is 0 Å². The Kier molecular flexibility index (Phi) is 11.5. The van der Waals surface area contributed by atoms with E-state index in [4.69, 9.17) is 7.81 Å². The predicted octanol–water partition coefficient (Wildman–Crippen LogP) is 6.26. The molecular formula is C21H36O3Sn. The van der Waals surface area contributed by atoms with Crippen molar-refractivity contribution in [1.29, 1.82) is 0 Å². The molecule has 0 saturated heterocycles. The molecule has 0 aliphatic rings. The Labute approximate surface area is 158 Å². The number of ether oxygens (including phenoxy) is 1. The van der Waals surface area contributed by atoms with Crippen LogP contribution in [-0.4, -0.2) is 31.9 Å². The van der Waals surface area contributed by atoms with E-state index in [1.165, 1.54) is 38.5 Å². The van der Waals surface area contributed by atoms with Gasteiger partial charge in [0, 0.05) is 0 Å². The Morgan fingerprint density at radius 2 is 1.40 bits per heavy atom. The summed E-state index contributed by atoms with van der Waals surface area (Å²) in [5.74, 6) is -0.159. The van der Waals surface area contributed by atoms with E-state index in [0.717, 1.165) is 18.9 Å². The SMILES string of the molecule is CCC[CH2][Sn]([CH2]CCC)([CH2]CCC)[O]C(=O)[C@H](OC)c1ccccc1. The molecule has 1 atom stereocenters. The number of carbonyl (C=O) groups is 1. The van der Waals surface area contributed by atoms with Crippen LogP contribution in [0.2, 0.25) is 13.3 Å². The van der Waals surface area contributed by atoms with E-state index in [9.17, 15) is 4.79 Å². The number of benzene rings is 1. The summed E-state index contributed by atoms with van der Waals surface area (Å²) in [5, 5.41) is 0. The molecule has 0 aromatic heterocycles. The molecule has 0 aliphatic carbocycles. The van der Waals surface area contributed by atoms with Crippen LogP contribution in [0.25, 0.3) is 0 Å². The summed E-state index contributed by atoms with van der Waals surface area (Å²) in [4.78, 5) is 13.0. The van der Waals surface area contributed by atoms with E-state index in [0.29, 0.717) is 0 Å². The van der Waals surface area contributed by atoms with Crippen molar-refractivity contribution >= 4 is 24.8 Å². The van der Waals surface area contributed by atoms with Crippen LogP contribution in [0.15, 0.2) is 30.3 Å². The van der Waals surface area contributed by atoms with Gasteiger partial charge >= 0.3 is 159 Å². The van der Waals surface area contributed by atoms with Crippen LogP contribution in [0.4, 0.5) is 0 Å². The fourth-order valence-corrected chi connectivity index (χ4v) is 16.4. The van der Waals surface area contributed by atoms with Gasteiger partial charge in [-0.2, -0.15) is 0 Å². The average Bonchev–Trinajstić information content (AvgIpc) is 2.64. The summed E-state index contributed by atoms with van der Waals surface area (Å²) in [6, 6.07) is 9.72. The monoisotopic (exact) mass is 456 g/mol. The first kappa shape index (κ1) is 22.5. The van der Waals surface area contributed by atoms with Gasteiger partial charge < -0.3 is 0 Å². The van der Waals surface area contributed by atoms with Crippen LogP contribution in [0.5, 0.6) is 0 Å². The summed E-state index contributed by atoms with van der Waals surface area (Å²) in [5.41, 5.74) is 0.886. The topological polar surface area (TPSA) is 35.5 Å². The number of methoxy groups -OCH3 is 1. The summed E-state index contributed by atoms with van der Waals surface area (Å²) in [6.07, 6.45) is 6.45. The molecule has 142 valence electrons. The molecule has 25 heavy (non-hydrogen) atoms. The summed E-state index contributed by atoms with van der Waals surface area (Å²) in [7, 11) is 1.60. The van der Waals surface area contributed by atoms with E-state index >= 15 is 0 Å². The second-order valence-electron chi connectivity index (χ2n) is 6.94. The van der Waals surface area contributed by atoms with Crippen molar-refractivity contribution in [3.8, 4) is 0 Å². The van der Waals surface area contributed by atoms with E-state index in [1.807, 2.05) is 30.3 Å². The van der Waals surface area contributed by atoms with Gasteiger partial charge in [-0.05, 0) is 0 Å². The van der Waals surface area contributed by atoms with Gasteiger partial charge in [-0.15, -0.1) is 0 Å². The molecule has 0 heterocycles. The third-order valence-electron chi connectivity index (χ3n) is 4.83. The molecule has 0 saturated carbocycles. The van der Waals surface area contributed by atoms with Gasteiger partial charge in [-0.25, -0.2) is 0 Å². The number of hydrogen-bond donors (Lipinski definition) is 0. The molecule has 1 aromatic rings. The zero-order chi connectivity index (χ0) is 18.5. The first-order valence-corrected chi connectivity index (χ1v) is 17.1. The van der Waals surface area contributed by atoms with E-state index in [2.05, 4.69) is 20.8 Å². The second kappa shape index (κ2) is 12.7. The standard InChI is InChI=1S/C9H10O3.3C4H9.Sn/c1-12-8(9(10)11)7-5-3-2-4-6-7;3*1-3-4-2;/h2-6,8H,1H3,(H,10,11);3*1,3-4H2,2H3;/q;;;;+1/p-1/t8-;;;;/m1..../s1. The van der Waals surface area contributed by atoms with Crippen LogP contribution in [0.3, 0.4) is 0 Å². The van der Waals surface area contributed by atoms with Gasteiger partial charge in [0.25, 0.3) is 0 Å². The van der Waals surface area contributed by atoms with Crippen LogP contribution >= 0.6 is 0 Å². The Balaban J connectivity index is 2.96. The van der Waals surface area contributed by atoms with Crippen molar-refractivity contribution in [2.45, 2.75) is 78.7 Å². The fraction of sp³-hybridized carbons (Fsp3) is 0.667. The number of rotatable bonds is 13. The molecule has 0 radical (unpaired) electrons. The third kappa shape index (κ3) is 7.69. The van der Waals surface area contributed by atoms with Gasteiger partial charge in [0.15, 0.2) is 0 Å².